The van der Waals surface area contributed by atoms with Gasteiger partial charge in [0.05, 0.1) is 4.92 Å². The second-order valence-corrected chi connectivity index (χ2v) is 4.68. The number of ketones is 1. The van der Waals surface area contributed by atoms with E-state index < -0.39 is 4.92 Å². The Morgan fingerprint density at radius 3 is 2.35 bits per heavy atom. The molecule has 0 N–H and O–H groups in total. The lowest BCUT2D eigenvalue weighted by atomic mass is 10.0. The average Bonchev–Trinajstić information content (AvgIpc) is 2.71. The third-order valence-corrected chi connectivity index (χ3v) is 3.53. The van der Waals surface area contributed by atoms with Crippen LogP contribution in [0.25, 0.3) is 11.1 Å². The van der Waals surface area contributed by atoms with Crippen molar-refractivity contribution >= 4 is 22.6 Å². The molecule has 0 bridgehead atoms. The van der Waals surface area contributed by atoms with Crippen LogP contribution < -0.4 is 0 Å². The van der Waals surface area contributed by atoms with Crippen LogP contribution in [0.1, 0.15) is 28.4 Å². The van der Waals surface area contributed by atoms with Gasteiger partial charge >= 0.3 is 0 Å². The first-order valence-electron chi connectivity index (χ1n) is 6.19. The van der Waals surface area contributed by atoms with Crippen molar-refractivity contribution in [2.24, 2.45) is 0 Å². The van der Waals surface area contributed by atoms with Gasteiger partial charge in [0, 0.05) is 23.3 Å². The second-order valence-electron chi connectivity index (χ2n) is 4.68. The summed E-state index contributed by atoms with van der Waals surface area (Å²) in [7, 11) is 0. The Bertz CT molecular complexity index is 761. The maximum absolute atomic E-state index is 12.5. The second kappa shape index (κ2) is 4.42. The van der Waals surface area contributed by atoms with Crippen LogP contribution in [0.15, 0.2) is 48.5 Å². The molecule has 0 saturated heterocycles. The summed E-state index contributed by atoms with van der Waals surface area (Å²) in [5.41, 5.74) is 3.45. The van der Waals surface area contributed by atoms with Crippen LogP contribution in [0.2, 0.25) is 0 Å². The van der Waals surface area contributed by atoms with Crippen molar-refractivity contribution in [2.75, 3.05) is 0 Å². The topological polar surface area (TPSA) is 60.2 Å². The van der Waals surface area contributed by atoms with E-state index in [-0.39, 0.29) is 11.5 Å². The van der Waals surface area contributed by atoms with Crippen LogP contribution in [-0.2, 0) is 0 Å². The third-order valence-electron chi connectivity index (χ3n) is 3.53. The number of Topliss-reactive ketones (excluding diaryl/α,β-unsaturated/α-hetero) is 1. The van der Waals surface area contributed by atoms with Crippen LogP contribution in [0.4, 0.5) is 5.69 Å². The standard InChI is InChI=1S/C16H11NO3/c1-10-14-9-12(17(19)20)7-8-13(14)16(18)15(10)11-5-3-2-4-6-11/h2-9H,1H3. The van der Waals surface area contributed by atoms with Crippen LogP contribution in [0, 0.1) is 10.1 Å². The maximum Gasteiger partial charge on any atom is 0.270 e. The normalized spacial score (nSPS) is 13.6. The highest BCUT2D eigenvalue weighted by molar-refractivity contribution is 6.39. The molecule has 4 heteroatoms. The number of nitro benzene ring substituents is 1. The lowest BCUT2D eigenvalue weighted by Gasteiger charge is -2.02. The molecule has 1 aliphatic carbocycles. The molecule has 4 nitrogen and oxygen atoms in total. The number of non-ortho nitro benzene ring substituents is 1. The number of fused-ring (bicyclic) bond motifs is 1. The maximum atomic E-state index is 12.5. The van der Waals surface area contributed by atoms with Gasteiger partial charge in [-0.1, -0.05) is 30.3 Å². The summed E-state index contributed by atoms with van der Waals surface area (Å²) >= 11 is 0. The molecule has 0 radical (unpaired) electrons. The summed E-state index contributed by atoms with van der Waals surface area (Å²) in [5, 5.41) is 10.8. The number of nitrogens with zero attached hydrogens (tertiary/aromatic N) is 1. The fourth-order valence-electron chi connectivity index (χ4n) is 2.55. The predicted octanol–water partition coefficient (Wildman–Crippen LogP) is 3.72. The highest BCUT2D eigenvalue weighted by Gasteiger charge is 2.29. The van der Waals surface area contributed by atoms with Crippen molar-refractivity contribution < 1.29 is 9.72 Å². The third kappa shape index (κ3) is 1.73. The molecular formula is C16H11NO3. The van der Waals surface area contributed by atoms with Crippen molar-refractivity contribution in [3.63, 3.8) is 0 Å². The zero-order valence-corrected chi connectivity index (χ0v) is 10.8. The molecule has 0 aromatic heterocycles. The number of carbonyl (C=O) groups is 1. The van der Waals surface area contributed by atoms with Crippen LogP contribution in [0.5, 0.6) is 0 Å². The molecule has 0 fully saturated rings. The highest BCUT2D eigenvalue weighted by Crippen LogP contribution is 2.39. The molecule has 3 rings (SSSR count). The van der Waals surface area contributed by atoms with E-state index in [1.54, 1.807) is 0 Å². The Labute approximate surface area is 115 Å². The molecule has 0 spiro atoms. The summed E-state index contributed by atoms with van der Waals surface area (Å²) in [4.78, 5) is 22.9. The number of nitro groups is 1. The van der Waals surface area contributed by atoms with E-state index in [1.165, 1.54) is 18.2 Å². The van der Waals surface area contributed by atoms with Gasteiger partial charge in [0.15, 0.2) is 5.78 Å². The van der Waals surface area contributed by atoms with E-state index in [0.29, 0.717) is 16.7 Å². The van der Waals surface area contributed by atoms with Crippen molar-refractivity contribution in [3.8, 4) is 0 Å². The Hall–Kier alpha value is -2.75. The Kier molecular flexibility index (Phi) is 2.71. The summed E-state index contributed by atoms with van der Waals surface area (Å²) in [5.74, 6) is -0.0707. The lowest BCUT2D eigenvalue weighted by Crippen LogP contribution is -1.98. The number of hydrogen-bond donors (Lipinski definition) is 0. The summed E-state index contributed by atoms with van der Waals surface area (Å²) in [6, 6.07) is 13.7. The summed E-state index contributed by atoms with van der Waals surface area (Å²) in [6.45, 7) is 1.83. The monoisotopic (exact) mass is 265 g/mol. The molecule has 0 aliphatic heterocycles. The van der Waals surface area contributed by atoms with Crippen LogP contribution in [-0.4, -0.2) is 10.7 Å². The first-order chi connectivity index (χ1) is 9.59. The van der Waals surface area contributed by atoms with Crippen molar-refractivity contribution in [1.29, 1.82) is 0 Å². The minimum atomic E-state index is -0.446. The molecule has 1 aliphatic rings. The average molecular weight is 265 g/mol. The van der Waals surface area contributed by atoms with Gasteiger partial charge in [-0.25, -0.2) is 0 Å². The SMILES string of the molecule is CC1=C(c2ccccc2)C(=O)c2ccc([N+](=O)[O-])cc21. The highest BCUT2D eigenvalue weighted by atomic mass is 16.6. The predicted molar refractivity (Wildman–Crippen MR) is 76.4 cm³/mol. The van der Waals surface area contributed by atoms with E-state index in [9.17, 15) is 14.9 Å². The molecule has 0 amide bonds. The molecule has 0 saturated carbocycles. The first-order valence-corrected chi connectivity index (χ1v) is 6.19. The minimum absolute atomic E-state index is 0.00483. The Balaban J connectivity index is 2.19. The number of benzene rings is 2. The number of carbonyl (C=O) groups excluding carboxylic acids is 1. The minimum Gasteiger partial charge on any atom is -0.289 e. The van der Waals surface area contributed by atoms with Crippen molar-refractivity contribution in [3.05, 3.63) is 75.3 Å². The fourth-order valence-corrected chi connectivity index (χ4v) is 2.55. The fraction of sp³-hybridized carbons (Fsp3) is 0.0625. The van der Waals surface area contributed by atoms with E-state index in [2.05, 4.69) is 0 Å². The van der Waals surface area contributed by atoms with Crippen molar-refractivity contribution in [2.45, 2.75) is 6.92 Å². The zero-order chi connectivity index (χ0) is 14.3. The van der Waals surface area contributed by atoms with Gasteiger partial charge in [0.2, 0.25) is 0 Å². The van der Waals surface area contributed by atoms with E-state index in [1.807, 2.05) is 37.3 Å². The number of allylic oxidation sites excluding steroid dienone is 2. The largest absolute Gasteiger partial charge is 0.289 e. The molecule has 0 unspecified atom stereocenters. The number of rotatable bonds is 2. The molecular weight excluding hydrogens is 254 g/mol. The number of hydrogen-bond acceptors (Lipinski definition) is 3. The smallest absolute Gasteiger partial charge is 0.270 e. The van der Waals surface area contributed by atoms with Gasteiger partial charge in [-0.3, -0.25) is 14.9 Å². The molecule has 0 heterocycles. The van der Waals surface area contributed by atoms with Gasteiger partial charge in [-0.15, -0.1) is 0 Å². The Morgan fingerprint density at radius 1 is 1.00 bits per heavy atom. The molecule has 0 atom stereocenters. The quantitative estimate of drug-likeness (QED) is 0.614. The lowest BCUT2D eigenvalue weighted by molar-refractivity contribution is -0.384. The van der Waals surface area contributed by atoms with Crippen molar-refractivity contribution in [1.82, 2.24) is 0 Å². The van der Waals surface area contributed by atoms with Gasteiger partial charge < -0.3 is 0 Å². The zero-order valence-electron chi connectivity index (χ0n) is 10.8. The molecule has 20 heavy (non-hydrogen) atoms. The Morgan fingerprint density at radius 2 is 1.70 bits per heavy atom. The molecule has 2 aromatic rings. The summed E-state index contributed by atoms with van der Waals surface area (Å²) in [6.07, 6.45) is 0. The summed E-state index contributed by atoms with van der Waals surface area (Å²) < 4.78 is 0. The van der Waals surface area contributed by atoms with Gasteiger partial charge in [0.25, 0.3) is 5.69 Å². The van der Waals surface area contributed by atoms with E-state index in [4.69, 9.17) is 0 Å². The van der Waals surface area contributed by atoms with Crippen LogP contribution in [0.3, 0.4) is 0 Å². The van der Waals surface area contributed by atoms with Gasteiger partial charge in [-0.2, -0.15) is 0 Å². The molecule has 2 aromatic carbocycles. The van der Waals surface area contributed by atoms with E-state index >= 15 is 0 Å². The molecule has 98 valence electrons. The van der Waals surface area contributed by atoms with Crippen LogP contribution >= 0.6 is 0 Å². The van der Waals surface area contributed by atoms with Gasteiger partial charge in [-0.05, 0) is 29.7 Å². The van der Waals surface area contributed by atoms with Gasteiger partial charge in [0.1, 0.15) is 0 Å². The first kappa shape index (κ1) is 12.3. The van der Waals surface area contributed by atoms with E-state index in [0.717, 1.165) is 11.1 Å².